The van der Waals surface area contributed by atoms with Crippen LogP contribution in [0.5, 0.6) is 0 Å². The van der Waals surface area contributed by atoms with Gasteiger partial charge < -0.3 is 10.4 Å². The highest BCUT2D eigenvalue weighted by molar-refractivity contribution is 5.66. The summed E-state index contributed by atoms with van der Waals surface area (Å²) in [5, 5.41) is 12.3. The second-order valence-corrected chi connectivity index (χ2v) is 7.91. The maximum Gasteiger partial charge on any atom is 0.405 e. The zero-order chi connectivity index (χ0) is 18.2. The third-order valence-corrected chi connectivity index (χ3v) is 4.98. The number of rotatable bonds is 2. The summed E-state index contributed by atoms with van der Waals surface area (Å²) in [6.45, 7) is 8.37. The summed E-state index contributed by atoms with van der Waals surface area (Å²) >= 11 is 0. The van der Waals surface area contributed by atoms with Gasteiger partial charge >= 0.3 is 6.09 Å². The number of fused-ring (bicyclic) bond motifs is 1. The Bertz CT molecular complexity index is 811. The number of nitrogens with one attached hydrogen (secondary N) is 1. The fourth-order valence-electron chi connectivity index (χ4n) is 3.56. The van der Waals surface area contributed by atoms with Crippen LogP contribution in [0.3, 0.4) is 0 Å². The van der Waals surface area contributed by atoms with E-state index in [1.807, 2.05) is 25.3 Å². The Kier molecular flexibility index (Phi) is 4.27. The predicted octanol–water partition coefficient (Wildman–Crippen LogP) is 3.73. The molecule has 5 nitrogen and oxygen atoms in total. The first-order valence-electron chi connectivity index (χ1n) is 8.63. The van der Waals surface area contributed by atoms with E-state index in [2.05, 4.69) is 48.2 Å². The number of aryl methyl sites for hydroxylation is 2. The van der Waals surface area contributed by atoms with Crippen molar-refractivity contribution in [2.24, 2.45) is 0 Å². The number of hydrogen-bond acceptors (Lipinski definition) is 3. The number of carboxylic acid groups (broad SMARTS) is 1. The number of hydrogen-bond donors (Lipinski definition) is 2. The minimum Gasteiger partial charge on any atom is -0.465 e. The molecule has 1 aromatic carbocycles. The Morgan fingerprint density at radius 1 is 1.32 bits per heavy atom. The maximum absolute atomic E-state index is 11.6. The lowest BCUT2D eigenvalue weighted by atomic mass is 9.74. The molecule has 0 saturated heterocycles. The minimum absolute atomic E-state index is 0.00716. The zero-order valence-electron chi connectivity index (χ0n) is 15.3. The summed E-state index contributed by atoms with van der Waals surface area (Å²) in [6, 6.07) is 8.27. The van der Waals surface area contributed by atoms with Crippen molar-refractivity contribution in [1.29, 1.82) is 0 Å². The summed E-state index contributed by atoms with van der Waals surface area (Å²) < 4.78 is 0. The average molecular weight is 339 g/mol. The molecule has 132 valence electrons. The van der Waals surface area contributed by atoms with E-state index < -0.39 is 11.6 Å². The number of carbonyl (C=O) groups is 1. The number of nitrogens with zero attached hydrogens (tertiary/aromatic N) is 2. The molecule has 0 aliphatic heterocycles. The third-order valence-electron chi connectivity index (χ3n) is 4.98. The molecule has 0 radical (unpaired) electrons. The molecule has 1 aliphatic rings. The molecule has 0 spiro atoms. The van der Waals surface area contributed by atoms with Gasteiger partial charge in [-0.05, 0) is 41.9 Å². The number of aromatic nitrogens is 2. The zero-order valence-corrected chi connectivity index (χ0v) is 15.3. The molecule has 0 saturated carbocycles. The summed E-state index contributed by atoms with van der Waals surface area (Å²) in [5.41, 5.74) is 3.62. The lowest BCUT2D eigenvalue weighted by molar-refractivity contribution is 0.171. The second-order valence-electron chi connectivity index (χ2n) is 7.91. The summed E-state index contributed by atoms with van der Waals surface area (Å²) in [7, 11) is 0. The first kappa shape index (κ1) is 17.4. The van der Waals surface area contributed by atoms with Crippen LogP contribution in [0.15, 0.2) is 30.5 Å². The molecule has 1 heterocycles. The average Bonchev–Trinajstić information content (AvgIpc) is 2.54. The SMILES string of the molecule is Cc1ncc2c(n1)CCC(NC(=O)O)(c1cccc(C(C)(C)C)c1)C2. The van der Waals surface area contributed by atoms with Crippen LogP contribution in [-0.4, -0.2) is 21.2 Å². The van der Waals surface area contributed by atoms with E-state index in [-0.39, 0.29) is 5.41 Å². The van der Waals surface area contributed by atoms with Crippen LogP contribution in [0.4, 0.5) is 4.79 Å². The fraction of sp³-hybridized carbons (Fsp3) is 0.450. The van der Waals surface area contributed by atoms with Gasteiger partial charge in [0.05, 0.1) is 5.54 Å². The number of benzene rings is 1. The summed E-state index contributed by atoms with van der Waals surface area (Å²) in [6.07, 6.45) is 2.83. The molecular formula is C20H25N3O2. The highest BCUT2D eigenvalue weighted by Gasteiger charge is 2.39. The van der Waals surface area contributed by atoms with Crippen molar-refractivity contribution < 1.29 is 9.90 Å². The Balaban J connectivity index is 2.07. The van der Waals surface area contributed by atoms with Gasteiger partial charge in [-0.3, -0.25) is 0 Å². The summed E-state index contributed by atoms with van der Waals surface area (Å²) in [4.78, 5) is 20.4. The second kappa shape index (κ2) is 6.14. The van der Waals surface area contributed by atoms with Crippen molar-refractivity contribution in [3.05, 3.63) is 58.7 Å². The van der Waals surface area contributed by atoms with Crippen LogP contribution in [-0.2, 0) is 23.8 Å². The highest BCUT2D eigenvalue weighted by atomic mass is 16.4. The van der Waals surface area contributed by atoms with Crippen molar-refractivity contribution in [2.75, 3.05) is 0 Å². The fourth-order valence-corrected chi connectivity index (χ4v) is 3.56. The molecule has 1 aromatic heterocycles. The summed E-state index contributed by atoms with van der Waals surface area (Å²) in [5.74, 6) is 0.757. The van der Waals surface area contributed by atoms with Crippen molar-refractivity contribution >= 4 is 6.09 Å². The molecule has 2 aromatic rings. The van der Waals surface area contributed by atoms with Crippen LogP contribution in [0.25, 0.3) is 0 Å². The Morgan fingerprint density at radius 3 is 2.76 bits per heavy atom. The molecule has 1 unspecified atom stereocenters. The smallest absolute Gasteiger partial charge is 0.405 e. The van der Waals surface area contributed by atoms with Gasteiger partial charge in [0.15, 0.2) is 0 Å². The first-order chi connectivity index (χ1) is 11.7. The first-order valence-corrected chi connectivity index (χ1v) is 8.63. The van der Waals surface area contributed by atoms with Crippen molar-refractivity contribution in [2.45, 2.75) is 57.9 Å². The Hall–Kier alpha value is -2.43. The molecule has 3 rings (SSSR count). The molecule has 25 heavy (non-hydrogen) atoms. The molecular weight excluding hydrogens is 314 g/mol. The van der Waals surface area contributed by atoms with Crippen LogP contribution in [0.1, 0.15) is 55.4 Å². The minimum atomic E-state index is -1.00. The van der Waals surface area contributed by atoms with E-state index >= 15 is 0 Å². The third kappa shape index (κ3) is 3.50. The lowest BCUT2D eigenvalue weighted by Gasteiger charge is -2.38. The number of amides is 1. The van der Waals surface area contributed by atoms with Gasteiger partial charge in [-0.25, -0.2) is 14.8 Å². The molecule has 0 bridgehead atoms. The normalized spacial score (nSPS) is 20.0. The Labute approximate surface area is 148 Å². The van der Waals surface area contributed by atoms with Crippen LogP contribution in [0.2, 0.25) is 0 Å². The standard InChI is InChI=1S/C20H25N3O2/c1-13-21-12-14-11-20(23-18(24)25,9-8-17(14)22-13)16-7-5-6-15(10-16)19(2,3)4/h5-7,10,12,23H,8-9,11H2,1-4H3,(H,24,25). The van der Waals surface area contributed by atoms with Gasteiger partial charge in [0, 0.05) is 18.3 Å². The molecule has 1 aliphatic carbocycles. The van der Waals surface area contributed by atoms with E-state index in [9.17, 15) is 9.90 Å². The van der Waals surface area contributed by atoms with E-state index in [0.717, 1.165) is 29.1 Å². The van der Waals surface area contributed by atoms with Crippen molar-refractivity contribution in [3.8, 4) is 0 Å². The van der Waals surface area contributed by atoms with Gasteiger partial charge in [-0.1, -0.05) is 45.0 Å². The topological polar surface area (TPSA) is 75.1 Å². The van der Waals surface area contributed by atoms with Crippen LogP contribution < -0.4 is 5.32 Å². The maximum atomic E-state index is 11.6. The van der Waals surface area contributed by atoms with E-state index in [1.54, 1.807) is 0 Å². The Morgan fingerprint density at radius 2 is 2.08 bits per heavy atom. The van der Waals surface area contributed by atoms with Gasteiger partial charge in [0.1, 0.15) is 5.82 Å². The quantitative estimate of drug-likeness (QED) is 0.874. The van der Waals surface area contributed by atoms with Crippen molar-refractivity contribution in [3.63, 3.8) is 0 Å². The van der Waals surface area contributed by atoms with Gasteiger partial charge in [0.25, 0.3) is 0 Å². The molecule has 0 fully saturated rings. The van der Waals surface area contributed by atoms with Crippen molar-refractivity contribution in [1.82, 2.24) is 15.3 Å². The van der Waals surface area contributed by atoms with Crippen LogP contribution in [0, 0.1) is 6.92 Å². The van der Waals surface area contributed by atoms with E-state index in [0.29, 0.717) is 12.8 Å². The van der Waals surface area contributed by atoms with E-state index in [1.165, 1.54) is 5.56 Å². The largest absolute Gasteiger partial charge is 0.465 e. The molecule has 5 heteroatoms. The van der Waals surface area contributed by atoms with E-state index in [4.69, 9.17) is 0 Å². The highest BCUT2D eigenvalue weighted by Crippen LogP contribution is 2.37. The molecule has 1 atom stereocenters. The van der Waals surface area contributed by atoms with Gasteiger partial charge in [0.2, 0.25) is 0 Å². The lowest BCUT2D eigenvalue weighted by Crippen LogP contribution is -2.49. The monoisotopic (exact) mass is 339 g/mol. The van der Waals surface area contributed by atoms with Crippen LogP contribution >= 0.6 is 0 Å². The van der Waals surface area contributed by atoms with Gasteiger partial charge in [-0.15, -0.1) is 0 Å². The molecule has 2 N–H and O–H groups in total. The predicted molar refractivity (Wildman–Crippen MR) is 96.8 cm³/mol. The molecule has 1 amide bonds. The van der Waals surface area contributed by atoms with Gasteiger partial charge in [-0.2, -0.15) is 0 Å².